The van der Waals surface area contributed by atoms with Gasteiger partial charge in [0.1, 0.15) is 11.4 Å². The summed E-state index contributed by atoms with van der Waals surface area (Å²) in [6, 6.07) is 13.8. The Morgan fingerprint density at radius 1 is 0.976 bits per heavy atom. The molecular weight excluding hydrogens is 574 g/mol. The Kier molecular flexibility index (Phi) is 8.69. The number of rotatable bonds is 9. The number of carbonyl (C=O) groups is 1. The lowest BCUT2D eigenvalue weighted by Crippen LogP contribution is -2.23. The molecule has 0 spiro atoms. The highest BCUT2D eigenvalue weighted by Gasteiger charge is 2.19. The van der Waals surface area contributed by atoms with Crippen LogP contribution in [0.5, 0.6) is 0 Å². The van der Waals surface area contributed by atoms with Gasteiger partial charge in [0.05, 0.1) is 45.8 Å². The first kappa shape index (κ1) is 29.6. The molecule has 41 heavy (non-hydrogen) atoms. The Balaban J connectivity index is 1.69. The van der Waals surface area contributed by atoms with Gasteiger partial charge in [0.15, 0.2) is 0 Å². The summed E-state index contributed by atoms with van der Waals surface area (Å²) in [6.45, 7) is 2.14. The second-order valence-corrected chi connectivity index (χ2v) is 11.6. The number of pyridine rings is 1. The largest absolute Gasteiger partial charge is 0.356 e. The monoisotopic (exact) mass is 598 g/mol. The molecule has 2 heterocycles. The van der Waals surface area contributed by atoms with Gasteiger partial charge < -0.3 is 30.7 Å². The molecule has 15 nitrogen and oxygen atoms in total. The average molecular weight is 598 g/mol. The molecule has 0 aliphatic heterocycles. The number of nitrogens with zero attached hydrogens (tertiary/aromatic N) is 6. The van der Waals surface area contributed by atoms with E-state index in [0.29, 0.717) is 17.9 Å². The molecule has 1 amide bonds. The highest BCUT2D eigenvalue weighted by Crippen LogP contribution is 2.34. The number of benzene rings is 2. The Bertz CT molecular complexity index is 1730. The van der Waals surface area contributed by atoms with Crippen molar-refractivity contribution in [3.63, 3.8) is 0 Å². The Labute approximate surface area is 232 Å². The number of hydrazone groups is 1. The van der Waals surface area contributed by atoms with E-state index in [-0.39, 0.29) is 44.9 Å². The van der Waals surface area contributed by atoms with Crippen molar-refractivity contribution in [3.05, 3.63) is 78.1 Å². The maximum atomic E-state index is 12.7. The Hall–Kier alpha value is -4.36. The zero-order valence-electron chi connectivity index (χ0n) is 21.3. The molecule has 4 rings (SSSR count). The minimum absolute atomic E-state index is 0.0943. The van der Waals surface area contributed by atoms with Gasteiger partial charge in [-0.3, -0.25) is 18.9 Å². The molecule has 0 radical (unpaired) electrons. The van der Waals surface area contributed by atoms with E-state index in [1.807, 2.05) is 0 Å². The summed E-state index contributed by atoms with van der Waals surface area (Å²) in [5.41, 5.74) is 1.87. The molecule has 212 valence electrons. The standard InChI is InChI=1S/C24H24N8O7P2/c1-2-26-24(33)15-11-20(22(29-25)13-27-16-3-7-18(8-4-16)40(34,35)36)28-21(12-15)23-14-32(31-30-23)17-5-9-19(10-6-17)41(37,38)39/h3-14H,2,25H2,1H3,(H,26,33)(H2,34,35,36)(H2,37,38,39). The normalized spacial score (nSPS) is 12.6. The molecule has 0 unspecified atom stereocenters. The van der Waals surface area contributed by atoms with Crippen molar-refractivity contribution in [1.29, 1.82) is 0 Å². The Morgan fingerprint density at radius 3 is 2.15 bits per heavy atom. The molecule has 4 aromatic rings. The summed E-state index contributed by atoms with van der Waals surface area (Å²) in [7, 11) is -8.80. The first-order valence-electron chi connectivity index (χ1n) is 11.8. The molecule has 17 heteroatoms. The van der Waals surface area contributed by atoms with Gasteiger partial charge >= 0.3 is 15.2 Å². The zero-order chi connectivity index (χ0) is 29.8. The minimum Gasteiger partial charge on any atom is -0.352 e. The van der Waals surface area contributed by atoms with E-state index in [1.54, 1.807) is 6.92 Å². The highest BCUT2D eigenvalue weighted by atomic mass is 31.2. The molecule has 0 fully saturated rings. The lowest BCUT2D eigenvalue weighted by Gasteiger charge is -2.08. The quantitative estimate of drug-likeness (QED) is 0.0680. The molecular formula is C24H24N8O7P2. The number of nitrogens with two attached hydrogens (primary N) is 1. The van der Waals surface area contributed by atoms with Crippen LogP contribution < -0.4 is 21.8 Å². The summed E-state index contributed by atoms with van der Waals surface area (Å²) in [5.74, 6) is 5.22. The Morgan fingerprint density at radius 2 is 1.59 bits per heavy atom. The number of carbonyl (C=O) groups excluding carboxylic acids is 1. The lowest BCUT2D eigenvalue weighted by atomic mass is 10.1. The van der Waals surface area contributed by atoms with Crippen LogP contribution in [0.15, 0.2) is 77.0 Å². The van der Waals surface area contributed by atoms with E-state index in [2.05, 4.69) is 30.7 Å². The van der Waals surface area contributed by atoms with Crippen molar-refractivity contribution < 1.29 is 33.5 Å². The van der Waals surface area contributed by atoms with Gasteiger partial charge in [-0.05, 0) is 67.6 Å². The molecule has 0 saturated heterocycles. The van der Waals surface area contributed by atoms with Crippen LogP contribution in [-0.4, -0.2) is 63.9 Å². The van der Waals surface area contributed by atoms with Gasteiger partial charge in [-0.15, -0.1) is 5.10 Å². The number of nitrogens with one attached hydrogen (secondary N) is 1. The SMILES string of the molecule is CCNC(=O)c1cc(C(C=Nc2ccc(P(=O)(O)O)cc2)=NN)nc(-c2cn(-c3ccc(P(=O)(O)O)cc3)nn2)c1. The van der Waals surface area contributed by atoms with E-state index in [4.69, 9.17) is 5.84 Å². The van der Waals surface area contributed by atoms with Crippen molar-refractivity contribution in [3.8, 4) is 17.1 Å². The van der Waals surface area contributed by atoms with Crippen LogP contribution in [-0.2, 0) is 9.13 Å². The maximum Gasteiger partial charge on any atom is 0.356 e. The second kappa shape index (κ2) is 12.0. The summed E-state index contributed by atoms with van der Waals surface area (Å²) >= 11 is 0. The first-order valence-corrected chi connectivity index (χ1v) is 15.0. The average Bonchev–Trinajstić information content (AvgIpc) is 3.43. The number of hydrogen-bond donors (Lipinski definition) is 6. The van der Waals surface area contributed by atoms with Gasteiger partial charge in [-0.1, -0.05) is 5.21 Å². The van der Waals surface area contributed by atoms with Crippen molar-refractivity contribution in [2.24, 2.45) is 15.9 Å². The van der Waals surface area contributed by atoms with Crippen LogP contribution in [0.3, 0.4) is 0 Å². The fraction of sp³-hybridized carbons (Fsp3) is 0.0833. The summed E-state index contributed by atoms with van der Waals surface area (Å²) < 4.78 is 24.2. The third-order valence-electron chi connectivity index (χ3n) is 5.55. The molecule has 0 aliphatic carbocycles. The van der Waals surface area contributed by atoms with Crippen LogP contribution in [0.1, 0.15) is 23.0 Å². The van der Waals surface area contributed by atoms with E-state index < -0.39 is 15.2 Å². The van der Waals surface area contributed by atoms with E-state index in [1.165, 1.54) is 77.8 Å². The van der Waals surface area contributed by atoms with Gasteiger partial charge in [0.25, 0.3) is 5.91 Å². The number of amides is 1. The minimum atomic E-state index is -4.40. The van der Waals surface area contributed by atoms with Crippen LogP contribution >= 0.6 is 15.2 Å². The first-order chi connectivity index (χ1) is 19.4. The highest BCUT2D eigenvalue weighted by molar-refractivity contribution is 7.60. The number of aromatic nitrogens is 4. The molecule has 0 aliphatic rings. The molecule has 0 bridgehead atoms. The van der Waals surface area contributed by atoms with Gasteiger partial charge in [0, 0.05) is 12.1 Å². The van der Waals surface area contributed by atoms with Crippen molar-refractivity contribution in [2.75, 3.05) is 6.54 Å². The number of aliphatic imine (C=N–C) groups is 1. The molecule has 0 atom stereocenters. The van der Waals surface area contributed by atoms with Crippen LogP contribution in [0.25, 0.3) is 17.1 Å². The maximum absolute atomic E-state index is 12.7. The van der Waals surface area contributed by atoms with Crippen LogP contribution in [0.2, 0.25) is 0 Å². The van der Waals surface area contributed by atoms with Crippen molar-refractivity contribution >= 4 is 49.3 Å². The molecule has 7 N–H and O–H groups in total. The topological polar surface area (TPSA) is 238 Å². The van der Waals surface area contributed by atoms with E-state index in [9.17, 15) is 33.5 Å². The molecule has 2 aromatic heterocycles. The fourth-order valence-corrected chi connectivity index (χ4v) is 4.60. The smallest absolute Gasteiger partial charge is 0.352 e. The van der Waals surface area contributed by atoms with E-state index >= 15 is 0 Å². The molecule has 0 saturated carbocycles. The van der Waals surface area contributed by atoms with Crippen LogP contribution in [0, 0.1) is 0 Å². The second-order valence-electron chi connectivity index (χ2n) is 8.43. The van der Waals surface area contributed by atoms with E-state index in [0.717, 1.165) is 0 Å². The summed E-state index contributed by atoms with van der Waals surface area (Å²) in [5, 5.41) is 14.3. The van der Waals surface area contributed by atoms with Crippen LogP contribution in [0.4, 0.5) is 5.69 Å². The van der Waals surface area contributed by atoms with Gasteiger partial charge in [-0.2, -0.15) is 5.10 Å². The zero-order valence-corrected chi connectivity index (χ0v) is 23.1. The third-order valence-corrected chi connectivity index (χ3v) is 7.50. The third kappa shape index (κ3) is 7.24. The molecule has 2 aromatic carbocycles. The van der Waals surface area contributed by atoms with Crippen molar-refractivity contribution in [1.82, 2.24) is 25.3 Å². The predicted octanol–water partition coefficient (Wildman–Crippen LogP) is 0.750. The van der Waals surface area contributed by atoms with Gasteiger partial charge in [-0.25, -0.2) is 9.67 Å². The predicted molar refractivity (Wildman–Crippen MR) is 151 cm³/mol. The lowest BCUT2D eigenvalue weighted by molar-refractivity contribution is 0.0955. The summed E-state index contributed by atoms with van der Waals surface area (Å²) in [4.78, 5) is 58.7. The fourth-order valence-electron chi connectivity index (χ4n) is 3.53. The van der Waals surface area contributed by atoms with Gasteiger partial charge in [0.2, 0.25) is 0 Å². The number of hydrogen-bond acceptors (Lipinski definition) is 9. The van der Waals surface area contributed by atoms with Crippen molar-refractivity contribution in [2.45, 2.75) is 6.92 Å². The summed E-state index contributed by atoms with van der Waals surface area (Å²) in [6.07, 6.45) is 2.82.